The van der Waals surface area contributed by atoms with Crippen LogP contribution >= 0.6 is 0 Å². The molecule has 3 rings (SSSR count). The molecule has 2 aromatic rings. The summed E-state index contributed by atoms with van der Waals surface area (Å²) < 4.78 is 5.50. The second kappa shape index (κ2) is 8.05. The molecule has 1 aliphatic heterocycles. The molecule has 1 aliphatic rings. The van der Waals surface area contributed by atoms with Gasteiger partial charge in [0.05, 0.1) is 6.54 Å². The first-order chi connectivity index (χ1) is 13.7. The molecule has 0 unspecified atom stereocenters. The topological polar surface area (TPSA) is 95.9 Å². The van der Waals surface area contributed by atoms with Crippen molar-refractivity contribution in [2.24, 2.45) is 0 Å². The third-order valence-electron chi connectivity index (χ3n) is 5.00. The number of Topliss-reactive ketones (excluding diaryl/α,β-unsaturated/α-hetero) is 1. The number of rotatable bonds is 7. The van der Waals surface area contributed by atoms with Gasteiger partial charge < -0.3 is 15.2 Å². The molecule has 7 nitrogen and oxygen atoms in total. The van der Waals surface area contributed by atoms with Crippen molar-refractivity contribution in [1.29, 1.82) is 0 Å². The molecule has 0 bridgehead atoms. The third kappa shape index (κ3) is 4.30. The lowest BCUT2D eigenvalue weighted by molar-refractivity contribution is -0.132. The van der Waals surface area contributed by atoms with E-state index in [2.05, 4.69) is 5.32 Å². The number of ether oxygens (including phenoxy) is 1. The molecular weight excluding hydrogens is 372 g/mol. The lowest BCUT2D eigenvalue weighted by Crippen LogP contribution is -2.42. The molecule has 0 aliphatic carbocycles. The van der Waals surface area contributed by atoms with Gasteiger partial charge in [0.15, 0.2) is 5.78 Å². The number of carbonyl (C=O) groups is 3. The first kappa shape index (κ1) is 20.5. The van der Waals surface area contributed by atoms with Crippen LogP contribution < -0.4 is 10.1 Å². The van der Waals surface area contributed by atoms with Crippen LogP contribution in [0.2, 0.25) is 0 Å². The molecule has 2 N–H and O–H groups in total. The van der Waals surface area contributed by atoms with Crippen LogP contribution in [0, 0.1) is 6.92 Å². The summed E-state index contributed by atoms with van der Waals surface area (Å²) in [6, 6.07) is 13.3. The highest BCUT2D eigenvalue weighted by Crippen LogP contribution is 2.29. The summed E-state index contributed by atoms with van der Waals surface area (Å²) in [5, 5.41) is 13.0. The predicted octanol–water partition coefficient (Wildman–Crippen LogP) is 2.40. The third-order valence-corrected chi connectivity index (χ3v) is 5.00. The fraction of sp³-hybridized carbons (Fsp3) is 0.318. The zero-order valence-electron chi connectivity index (χ0n) is 16.6. The Hall–Kier alpha value is -3.19. The predicted molar refractivity (Wildman–Crippen MR) is 107 cm³/mol. The van der Waals surface area contributed by atoms with Gasteiger partial charge in [0, 0.05) is 5.56 Å². The molecule has 2 aromatic carbocycles. The first-order valence-corrected chi connectivity index (χ1v) is 9.34. The van der Waals surface area contributed by atoms with Gasteiger partial charge in [0.25, 0.3) is 5.91 Å². The first-order valence-electron chi connectivity index (χ1n) is 9.34. The molecule has 2 atom stereocenters. The molecule has 0 saturated carbocycles. The van der Waals surface area contributed by atoms with Gasteiger partial charge >= 0.3 is 6.03 Å². The number of carbonyl (C=O) groups excluding carboxylic acids is 3. The van der Waals surface area contributed by atoms with Gasteiger partial charge in [-0.1, -0.05) is 29.8 Å². The minimum Gasteiger partial charge on any atom is -0.491 e. The number of aryl methyl sites for hydroxylation is 1. The second-order valence-corrected chi connectivity index (χ2v) is 7.38. The summed E-state index contributed by atoms with van der Waals surface area (Å²) in [7, 11) is 0. The average molecular weight is 396 g/mol. The van der Waals surface area contributed by atoms with Gasteiger partial charge in [0.2, 0.25) is 0 Å². The highest BCUT2D eigenvalue weighted by atomic mass is 16.5. The Balaban J connectivity index is 1.62. The molecule has 1 saturated heterocycles. The van der Waals surface area contributed by atoms with Crippen LogP contribution in [0.4, 0.5) is 4.79 Å². The highest BCUT2D eigenvalue weighted by molar-refractivity contribution is 6.07. The maximum Gasteiger partial charge on any atom is 0.325 e. The molecule has 29 heavy (non-hydrogen) atoms. The van der Waals surface area contributed by atoms with Crippen molar-refractivity contribution in [3.8, 4) is 5.75 Å². The molecule has 3 amide bonds. The fourth-order valence-corrected chi connectivity index (χ4v) is 3.19. The number of nitrogens with one attached hydrogen (secondary N) is 1. The molecule has 0 radical (unpaired) electrons. The van der Waals surface area contributed by atoms with Gasteiger partial charge in [0.1, 0.15) is 24.0 Å². The smallest absolute Gasteiger partial charge is 0.325 e. The lowest BCUT2D eigenvalue weighted by atomic mass is 9.91. The van der Waals surface area contributed by atoms with Crippen LogP contribution in [0.5, 0.6) is 5.75 Å². The standard InChI is InChI=1S/C22H24N2O5/c1-14-4-8-17(9-5-14)22(3)20(27)24(21(28)23-22)12-18(26)13-29-19-10-6-16(7-11-19)15(2)25/h4-11,18,26H,12-13H2,1-3H3,(H,23,28)/t18-,22+/m1/s1. The molecule has 7 heteroatoms. The normalized spacial score (nSPS) is 19.8. The molecule has 1 fully saturated rings. The van der Waals surface area contributed by atoms with E-state index in [1.165, 1.54) is 6.92 Å². The van der Waals surface area contributed by atoms with E-state index in [0.29, 0.717) is 16.9 Å². The van der Waals surface area contributed by atoms with Crippen molar-refractivity contribution in [3.63, 3.8) is 0 Å². The largest absolute Gasteiger partial charge is 0.491 e. The van der Waals surface area contributed by atoms with Crippen molar-refractivity contribution in [2.45, 2.75) is 32.4 Å². The highest BCUT2D eigenvalue weighted by Gasteiger charge is 2.49. The van der Waals surface area contributed by atoms with E-state index in [9.17, 15) is 19.5 Å². The number of β-amino-alcohol motifs (C(OH)–C–C–N with tert-alkyl or cyclic N) is 1. The molecule has 1 heterocycles. The number of ketones is 1. The Bertz CT molecular complexity index is 923. The monoisotopic (exact) mass is 396 g/mol. The van der Waals surface area contributed by atoms with E-state index in [-0.39, 0.29) is 18.9 Å². The number of aliphatic hydroxyl groups is 1. The Labute approximate surface area is 169 Å². The van der Waals surface area contributed by atoms with Crippen LogP contribution in [-0.2, 0) is 10.3 Å². The maximum atomic E-state index is 12.9. The number of aliphatic hydroxyl groups excluding tert-OH is 1. The van der Waals surface area contributed by atoms with E-state index >= 15 is 0 Å². The molecule has 0 aromatic heterocycles. The summed E-state index contributed by atoms with van der Waals surface area (Å²) in [6.45, 7) is 4.78. The van der Waals surface area contributed by atoms with Gasteiger partial charge in [-0.25, -0.2) is 4.79 Å². The van der Waals surface area contributed by atoms with E-state index in [1.807, 2.05) is 19.1 Å². The van der Waals surface area contributed by atoms with Crippen LogP contribution in [-0.4, -0.2) is 47.0 Å². The van der Waals surface area contributed by atoms with E-state index in [1.54, 1.807) is 43.3 Å². The quantitative estimate of drug-likeness (QED) is 0.553. The zero-order chi connectivity index (χ0) is 21.2. The Kier molecular flexibility index (Phi) is 5.70. The number of amides is 3. The Morgan fingerprint density at radius 2 is 1.76 bits per heavy atom. The fourth-order valence-electron chi connectivity index (χ4n) is 3.19. The van der Waals surface area contributed by atoms with Crippen LogP contribution in [0.15, 0.2) is 48.5 Å². The van der Waals surface area contributed by atoms with Crippen molar-refractivity contribution in [1.82, 2.24) is 10.2 Å². The van der Waals surface area contributed by atoms with Crippen LogP contribution in [0.3, 0.4) is 0 Å². The number of urea groups is 1. The van der Waals surface area contributed by atoms with E-state index in [4.69, 9.17) is 4.74 Å². The maximum absolute atomic E-state index is 12.9. The van der Waals surface area contributed by atoms with Crippen molar-refractivity contribution in [2.75, 3.05) is 13.2 Å². The van der Waals surface area contributed by atoms with Crippen molar-refractivity contribution < 1.29 is 24.2 Å². The Morgan fingerprint density at radius 1 is 1.14 bits per heavy atom. The summed E-state index contributed by atoms with van der Waals surface area (Å²) in [4.78, 5) is 37.6. The number of hydrogen-bond acceptors (Lipinski definition) is 5. The van der Waals surface area contributed by atoms with Crippen molar-refractivity contribution in [3.05, 3.63) is 65.2 Å². The summed E-state index contributed by atoms with van der Waals surface area (Å²) in [5.74, 6) is 0.0127. The zero-order valence-corrected chi connectivity index (χ0v) is 16.6. The number of benzene rings is 2. The number of nitrogens with zero attached hydrogens (tertiary/aromatic N) is 1. The van der Waals surface area contributed by atoms with Gasteiger partial charge in [-0.2, -0.15) is 0 Å². The summed E-state index contributed by atoms with van der Waals surface area (Å²) >= 11 is 0. The minimum atomic E-state index is -1.17. The Morgan fingerprint density at radius 3 is 2.34 bits per heavy atom. The second-order valence-electron chi connectivity index (χ2n) is 7.38. The average Bonchev–Trinajstić information content (AvgIpc) is 2.91. The van der Waals surface area contributed by atoms with Gasteiger partial charge in [-0.3, -0.25) is 14.5 Å². The SMILES string of the molecule is CC(=O)c1ccc(OC[C@H](O)CN2C(=O)N[C@@](C)(c3ccc(C)cc3)C2=O)cc1. The molecular formula is C22H24N2O5. The van der Waals surface area contributed by atoms with Crippen molar-refractivity contribution >= 4 is 17.7 Å². The number of imide groups is 1. The van der Waals surface area contributed by atoms with Gasteiger partial charge in [-0.15, -0.1) is 0 Å². The molecule has 152 valence electrons. The number of hydrogen-bond donors (Lipinski definition) is 2. The lowest BCUT2D eigenvalue weighted by Gasteiger charge is -2.23. The van der Waals surface area contributed by atoms with Crippen LogP contribution in [0.1, 0.15) is 35.3 Å². The summed E-state index contributed by atoms with van der Waals surface area (Å²) in [5.41, 5.74) is 1.12. The van der Waals surface area contributed by atoms with E-state index < -0.39 is 23.6 Å². The van der Waals surface area contributed by atoms with Gasteiger partial charge in [-0.05, 0) is 50.6 Å². The van der Waals surface area contributed by atoms with Crippen LogP contribution in [0.25, 0.3) is 0 Å². The summed E-state index contributed by atoms with van der Waals surface area (Å²) in [6.07, 6.45) is -1.06. The van der Waals surface area contributed by atoms with E-state index in [0.717, 1.165) is 10.5 Å². The minimum absolute atomic E-state index is 0.0493. The molecule has 0 spiro atoms.